The van der Waals surface area contributed by atoms with Crippen LogP contribution < -0.4 is 5.32 Å². The van der Waals surface area contributed by atoms with E-state index in [-0.39, 0.29) is 18.3 Å². The summed E-state index contributed by atoms with van der Waals surface area (Å²) < 4.78 is 0. The van der Waals surface area contributed by atoms with Crippen LogP contribution in [0.3, 0.4) is 0 Å². The first kappa shape index (κ1) is 21.2. The number of carbonyl (C=O) groups is 1. The van der Waals surface area contributed by atoms with Gasteiger partial charge in [0.25, 0.3) is 0 Å². The van der Waals surface area contributed by atoms with E-state index in [4.69, 9.17) is 0 Å². The number of nitrogens with one attached hydrogen (secondary N) is 1. The van der Waals surface area contributed by atoms with Gasteiger partial charge in [0.1, 0.15) is 5.75 Å². The van der Waals surface area contributed by atoms with Crippen LogP contribution in [0.5, 0.6) is 5.75 Å². The summed E-state index contributed by atoms with van der Waals surface area (Å²) in [5, 5.41) is 12.8. The number of hydrogen-bond donors (Lipinski definition) is 2. The SMILES string of the molecule is Cl.O=C(CN1CCN(CCc2ccccc2O)CC1)NCc1ccccc1. The number of benzene rings is 2. The second-order valence-electron chi connectivity index (χ2n) is 6.76. The van der Waals surface area contributed by atoms with E-state index in [1.54, 1.807) is 6.07 Å². The second-order valence-corrected chi connectivity index (χ2v) is 6.76. The first-order chi connectivity index (χ1) is 12.7. The maximum Gasteiger partial charge on any atom is 0.234 e. The highest BCUT2D eigenvalue weighted by atomic mass is 35.5. The lowest BCUT2D eigenvalue weighted by Gasteiger charge is -2.34. The molecule has 6 heteroatoms. The summed E-state index contributed by atoms with van der Waals surface area (Å²) in [6.45, 7) is 5.70. The molecule has 2 N–H and O–H groups in total. The Balaban J connectivity index is 0.00000261. The minimum absolute atomic E-state index is 0. The van der Waals surface area contributed by atoms with E-state index in [1.807, 2.05) is 48.5 Å². The molecular formula is C21H28ClN3O2. The Kier molecular flexibility index (Phi) is 8.58. The van der Waals surface area contributed by atoms with Crippen molar-refractivity contribution in [2.24, 2.45) is 0 Å². The van der Waals surface area contributed by atoms with E-state index in [0.29, 0.717) is 18.8 Å². The molecule has 0 bridgehead atoms. The summed E-state index contributed by atoms with van der Waals surface area (Å²) in [5.41, 5.74) is 2.12. The van der Waals surface area contributed by atoms with Crippen LogP contribution in [-0.2, 0) is 17.8 Å². The molecule has 1 aliphatic rings. The molecule has 0 unspecified atom stereocenters. The van der Waals surface area contributed by atoms with Crippen molar-refractivity contribution in [2.75, 3.05) is 39.3 Å². The van der Waals surface area contributed by atoms with Crippen molar-refractivity contribution in [2.45, 2.75) is 13.0 Å². The molecule has 2 aromatic rings. The van der Waals surface area contributed by atoms with Crippen LogP contribution >= 0.6 is 12.4 Å². The van der Waals surface area contributed by atoms with Crippen molar-refractivity contribution in [3.8, 4) is 5.75 Å². The van der Waals surface area contributed by atoms with Gasteiger partial charge < -0.3 is 15.3 Å². The summed E-state index contributed by atoms with van der Waals surface area (Å²) in [7, 11) is 0. The van der Waals surface area contributed by atoms with Gasteiger partial charge in [-0.15, -0.1) is 12.4 Å². The highest BCUT2D eigenvalue weighted by Crippen LogP contribution is 2.16. The molecule has 2 aromatic carbocycles. The topological polar surface area (TPSA) is 55.8 Å². The number of phenols is 1. The number of para-hydroxylation sites is 1. The van der Waals surface area contributed by atoms with Crippen LogP contribution in [-0.4, -0.2) is 60.1 Å². The zero-order chi connectivity index (χ0) is 18.2. The molecule has 0 aliphatic carbocycles. The second kappa shape index (κ2) is 10.9. The van der Waals surface area contributed by atoms with Gasteiger partial charge in [0, 0.05) is 39.3 Å². The van der Waals surface area contributed by atoms with Crippen molar-refractivity contribution in [3.63, 3.8) is 0 Å². The van der Waals surface area contributed by atoms with Gasteiger partial charge in [0.2, 0.25) is 5.91 Å². The Labute approximate surface area is 167 Å². The number of hydrogen-bond acceptors (Lipinski definition) is 4. The van der Waals surface area contributed by atoms with Gasteiger partial charge in [-0.25, -0.2) is 0 Å². The predicted molar refractivity (Wildman–Crippen MR) is 110 cm³/mol. The molecule has 0 aromatic heterocycles. The maximum atomic E-state index is 12.1. The van der Waals surface area contributed by atoms with Gasteiger partial charge >= 0.3 is 0 Å². The summed E-state index contributed by atoms with van der Waals surface area (Å²) in [5.74, 6) is 0.456. The third-order valence-electron chi connectivity index (χ3n) is 4.85. The lowest BCUT2D eigenvalue weighted by Crippen LogP contribution is -2.49. The Morgan fingerprint density at radius 3 is 2.26 bits per heavy atom. The zero-order valence-corrected chi connectivity index (χ0v) is 16.3. The number of phenolic OH excluding ortho intramolecular Hbond substituents is 1. The van der Waals surface area contributed by atoms with E-state index in [2.05, 4.69) is 15.1 Å². The molecule has 27 heavy (non-hydrogen) atoms. The van der Waals surface area contributed by atoms with Gasteiger partial charge in [0.15, 0.2) is 0 Å². The average Bonchev–Trinajstić information content (AvgIpc) is 2.68. The number of piperazine rings is 1. The zero-order valence-electron chi connectivity index (χ0n) is 15.5. The third kappa shape index (κ3) is 6.86. The van der Waals surface area contributed by atoms with Gasteiger partial charge in [-0.1, -0.05) is 48.5 Å². The average molecular weight is 390 g/mol. The molecule has 1 fully saturated rings. The molecular weight excluding hydrogens is 362 g/mol. The normalized spacial score (nSPS) is 15.1. The third-order valence-corrected chi connectivity index (χ3v) is 4.85. The number of rotatable bonds is 7. The molecule has 1 amide bonds. The van der Waals surface area contributed by atoms with E-state index >= 15 is 0 Å². The van der Waals surface area contributed by atoms with Crippen molar-refractivity contribution in [1.82, 2.24) is 15.1 Å². The predicted octanol–water partition coefficient (Wildman–Crippen LogP) is 2.29. The first-order valence-corrected chi connectivity index (χ1v) is 9.23. The van der Waals surface area contributed by atoms with E-state index in [1.165, 1.54) is 0 Å². The molecule has 146 valence electrons. The molecule has 0 atom stereocenters. The standard InChI is InChI=1S/C21H27N3O2.ClH/c25-20-9-5-4-8-19(20)10-11-23-12-14-24(15-13-23)17-21(26)22-16-18-6-2-1-3-7-18;/h1-9,25H,10-17H2,(H,22,26);1H. The van der Waals surface area contributed by atoms with E-state index in [0.717, 1.165) is 50.3 Å². The van der Waals surface area contributed by atoms with E-state index < -0.39 is 0 Å². The van der Waals surface area contributed by atoms with Gasteiger partial charge in [0.05, 0.1) is 6.54 Å². The fourth-order valence-corrected chi connectivity index (χ4v) is 3.23. The molecule has 1 saturated heterocycles. The van der Waals surface area contributed by atoms with Crippen LogP contribution in [0.4, 0.5) is 0 Å². The maximum absolute atomic E-state index is 12.1. The van der Waals surface area contributed by atoms with Crippen molar-refractivity contribution >= 4 is 18.3 Å². The lowest BCUT2D eigenvalue weighted by molar-refractivity contribution is -0.122. The summed E-state index contributed by atoms with van der Waals surface area (Å²) in [6, 6.07) is 17.5. The van der Waals surface area contributed by atoms with Crippen LogP contribution in [0, 0.1) is 0 Å². The van der Waals surface area contributed by atoms with Gasteiger partial charge in [-0.3, -0.25) is 9.69 Å². The van der Waals surface area contributed by atoms with Crippen LogP contribution in [0.15, 0.2) is 54.6 Å². The number of amides is 1. The first-order valence-electron chi connectivity index (χ1n) is 9.23. The Bertz CT molecular complexity index is 704. The largest absolute Gasteiger partial charge is 0.508 e. The highest BCUT2D eigenvalue weighted by molar-refractivity contribution is 5.85. The molecule has 3 rings (SSSR count). The van der Waals surface area contributed by atoms with Gasteiger partial charge in [-0.2, -0.15) is 0 Å². The quantitative estimate of drug-likeness (QED) is 0.762. The molecule has 1 aliphatic heterocycles. The molecule has 0 spiro atoms. The fraction of sp³-hybridized carbons (Fsp3) is 0.381. The van der Waals surface area contributed by atoms with Crippen molar-refractivity contribution in [3.05, 3.63) is 65.7 Å². The van der Waals surface area contributed by atoms with Crippen LogP contribution in [0.25, 0.3) is 0 Å². The van der Waals surface area contributed by atoms with Crippen molar-refractivity contribution < 1.29 is 9.90 Å². The fourth-order valence-electron chi connectivity index (χ4n) is 3.23. The smallest absolute Gasteiger partial charge is 0.234 e. The molecule has 0 saturated carbocycles. The Morgan fingerprint density at radius 2 is 1.56 bits per heavy atom. The molecule has 1 heterocycles. The van der Waals surface area contributed by atoms with E-state index in [9.17, 15) is 9.90 Å². The number of nitrogens with zero attached hydrogens (tertiary/aromatic N) is 2. The summed E-state index contributed by atoms with van der Waals surface area (Å²) in [6.07, 6.45) is 0.851. The van der Waals surface area contributed by atoms with Crippen molar-refractivity contribution in [1.29, 1.82) is 0 Å². The summed E-state index contributed by atoms with van der Waals surface area (Å²) in [4.78, 5) is 16.7. The Hall–Kier alpha value is -2.08. The number of carbonyl (C=O) groups excluding carboxylic acids is 1. The van der Waals surface area contributed by atoms with Crippen LogP contribution in [0.1, 0.15) is 11.1 Å². The minimum Gasteiger partial charge on any atom is -0.508 e. The molecule has 5 nitrogen and oxygen atoms in total. The Morgan fingerprint density at radius 1 is 0.926 bits per heavy atom. The highest BCUT2D eigenvalue weighted by Gasteiger charge is 2.18. The summed E-state index contributed by atoms with van der Waals surface area (Å²) >= 11 is 0. The van der Waals surface area contributed by atoms with Crippen LogP contribution in [0.2, 0.25) is 0 Å². The monoisotopic (exact) mass is 389 g/mol. The minimum atomic E-state index is 0. The van der Waals surface area contributed by atoms with Gasteiger partial charge in [-0.05, 0) is 23.6 Å². The molecule has 0 radical (unpaired) electrons. The lowest BCUT2D eigenvalue weighted by atomic mass is 10.1. The number of aromatic hydroxyl groups is 1. The number of halogens is 1.